The number of allylic oxidation sites excluding steroid dienone is 1. The Morgan fingerprint density at radius 3 is 3.25 bits per heavy atom. The van der Waals surface area contributed by atoms with Crippen molar-refractivity contribution >= 4 is 6.08 Å². The van der Waals surface area contributed by atoms with Gasteiger partial charge in [-0.15, -0.1) is 5.10 Å². The summed E-state index contributed by atoms with van der Waals surface area (Å²) in [6, 6.07) is 0. The molecule has 1 aliphatic carbocycles. The van der Waals surface area contributed by atoms with E-state index in [9.17, 15) is 4.79 Å². The van der Waals surface area contributed by atoms with Crippen LogP contribution in [0.2, 0.25) is 0 Å². The quantitative estimate of drug-likeness (QED) is 0.542. The van der Waals surface area contributed by atoms with E-state index in [-0.39, 0.29) is 4.85 Å². The Kier molecular flexibility index (Phi) is 1.43. The first-order valence-corrected chi connectivity index (χ1v) is 3.64. The fraction of sp³-hybridized carbons (Fsp3) is 0.286. The number of rotatable bonds is 0. The molecule has 0 spiro atoms. The summed E-state index contributed by atoms with van der Waals surface area (Å²) in [7, 11) is 0. The Hall–Kier alpha value is -1.65. The van der Waals surface area contributed by atoms with Crippen LogP contribution in [0, 0.1) is 0 Å². The van der Waals surface area contributed by atoms with Gasteiger partial charge in [0, 0.05) is 0 Å². The second-order valence-corrected chi connectivity index (χ2v) is 2.59. The van der Waals surface area contributed by atoms with Crippen molar-refractivity contribution in [1.82, 2.24) is 15.2 Å². The largest absolute Gasteiger partial charge is 0.407 e. The fourth-order valence-corrected chi connectivity index (χ4v) is 1.21. The summed E-state index contributed by atoms with van der Waals surface area (Å²) in [5.74, 6) is 0. The van der Waals surface area contributed by atoms with E-state index in [0.29, 0.717) is 17.7 Å². The lowest BCUT2D eigenvalue weighted by atomic mass is 10.0. The van der Waals surface area contributed by atoms with E-state index in [4.69, 9.17) is 5.21 Å². The normalized spacial score (nSPS) is 14.3. The third kappa shape index (κ3) is 0.903. The highest BCUT2D eigenvalue weighted by atomic mass is 16.5. The molecule has 0 saturated carbocycles. The Labute approximate surface area is 67.9 Å². The third-order valence-electron chi connectivity index (χ3n) is 1.82. The van der Waals surface area contributed by atoms with Crippen molar-refractivity contribution in [2.45, 2.75) is 12.8 Å². The van der Waals surface area contributed by atoms with Gasteiger partial charge in [-0.25, -0.2) is 0 Å². The molecule has 0 radical (unpaired) electrons. The fourth-order valence-electron chi connectivity index (χ4n) is 1.21. The molecule has 5 nitrogen and oxygen atoms in total. The van der Waals surface area contributed by atoms with E-state index in [1.807, 2.05) is 6.08 Å². The summed E-state index contributed by atoms with van der Waals surface area (Å²) in [5, 5.41) is 15.8. The zero-order valence-electron chi connectivity index (χ0n) is 6.27. The zero-order chi connectivity index (χ0) is 8.55. The number of aromatic nitrogens is 3. The minimum atomic E-state index is -0.468. The van der Waals surface area contributed by atoms with Gasteiger partial charge < -0.3 is 5.21 Å². The van der Waals surface area contributed by atoms with Crippen LogP contribution >= 0.6 is 0 Å². The Morgan fingerprint density at radius 2 is 2.42 bits per heavy atom. The maximum atomic E-state index is 11.2. The molecular formula is C7H7N3O2. The summed E-state index contributed by atoms with van der Waals surface area (Å²) < 4.78 is 0. The van der Waals surface area contributed by atoms with E-state index in [2.05, 4.69) is 10.3 Å². The number of fused-ring (bicyclic) bond motifs is 1. The predicted octanol–water partition coefficient (Wildman–Crippen LogP) is -0.165. The van der Waals surface area contributed by atoms with Crippen LogP contribution in [0.25, 0.3) is 6.08 Å². The Morgan fingerprint density at radius 1 is 1.58 bits per heavy atom. The van der Waals surface area contributed by atoms with Crippen molar-refractivity contribution in [3.05, 3.63) is 27.7 Å². The van der Waals surface area contributed by atoms with Gasteiger partial charge in [0.05, 0.1) is 11.3 Å². The highest BCUT2D eigenvalue weighted by Gasteiger charge is 2.12. The van der Waals surface area contributed by atoms with Gasteiger partial charge in [0.25, 0.3) is 0 Å². The summed E-state index contributed by atoms with van der Waals surface area (Å²) in [6.07, 6.45) is 5.11. The first kappa shape index (κ1) is 7.02. The minimum Gasteiger partial charge on any atom is -0.407 e. The lowest BCUT2D eigenvalue weighted by Crippen LogP contribution is -2.27. The highest BCUT2D eigenvalue weighted by molar-refractivity contribution is 5.50. The number of hydrogen-bond acceptors (Lipinski definition) is 4. The first-order chi connectivity index (χ1) is 5.79. The molecule has 2 rings (SSSR count). The summed E-state index contributed by atoms with van der Waals surface area (Å²) in [5.41, 5.74) is 0.635. The molecule has 0 aromatic carbocycles. The van der Waals surface area contributed by atoms with E-state index >= 15 is 0 Å². The molecule has 1 aromatic rings. The van der Waals surface area contributed by atoms with Gasteiger partial charge in [-0.1, -0.05) is 6.08 Å². The van der Waals surface area contributed by atoms with Crippen LogP contribution in [-0.2, 0) is 6.42 Å². The van der Waals surface area contributed by atoms with Gasteiger partial charge in [-0.2, -0.15) is 0 Å². The third-order valence-corrected chi connectivity index (χ3v) is 1.82. The lowest BCUT2D eigenvalue weighted by molar-refractivity contribution is 0.123. The SMILES string of the molecule is O=c1c2c(nnn1O)C=CCC2. The standard InChI is InChI=1S/C7H7N3O2/c11-7-5-3-1-2-4-6(5)8-9-10(7)12/h2,4,12H,1,3H2. The molecule has 1 aliphatic rings. The molecule has 0 atom stereocenters. The van der Waals surface area contributed by atoms with Crippen molar-refractivity contribution in [3.63, 3.8) is 0 Å². The molecule has 0 bridgehead atoms. The van der Waals surface area contributed by atoms with E-state index < -0.39 is 5.56 Å². The molecule has 1 aromatic heterocycles. The molecule has 0 saturated heterocycles. The molecule has 5 heteroatoms. The van der Waals surface area contributed by atoms with Crippen molar-refractivity contribution in [1.29, 1.82) is 0 Å². The highest BCUT2D eigenvalue weighted by Crippen LogP contribution is 2.10. The Balaban J connectivity index is 2.72. The molecule has 0 fully saturated rings. The van der Waals surface area contributed by atoms with Crippen LogP contribution in [0.3, 0.4) is 0 Å². The maximum Gasteiger partial charge on any atom is 0.310 e. The van der Waals surface area contributed by atoms with Gasteiger partial charge in [-0.05, 0) is 29.0 Å². The molecule has 1 heterocycles. The monoisotopic (exact) mass is 165 g/mol. The molecule has 0 amide bonds. The van der Waals surface area contributed by atoms with Crippen molar-refractivity contribution in [2.24, 2.45) is 0 Å². The smallest absolute Gasteiger partial charge is 0.310 e. The topological polar surface area (TPSA) is 68.0 Å². The van der Waals surface area contributed by atoms with E-state index in [1.54, 1.807) is 6.08 Å². The second kappa shape index (κ2) is 2.44. The summed E-state index contributed by atoms with van der Waals surface area (Å²) in [6.45, 7) is 0. The average molecular weight is 165 g/mol. The van der Waals surface area contributed by atoms with Crippen molar-refractivity contribution in [3.8, 4) is 0 Å². The average Bonchev–Trinajstić information content (AvgIpc) is 2.12. The number of nitrogens with zero attached hydrogens (tertiary/aromatic N) is 3. The van der Waals surface area contributed by atoms with Crippen molar-refractivity contribution < 1.29 is 5.21 Å². The van der Waals surface area contributed by atoms with Crippen LogP contribution in [0.5, 0.6) is 0 Å². The molecule has 12 heavy (non-hydrogen) atoms. The van der Waals surface area contributed by atoms with Crippen LogP contribution in [-0.4, -0.2) is 20.4 Å². The van der Waals surface area contributed by atoms with E-state index in [1.165, 1.54) is 0 Å². The van der Waals surface area contributed by atoms with Crippen LogP contribution in [0.4, 0.5) is 0 Å². The van der Waals surface area contributed by atoms with Crippen LogP contribution < -0.4 is 5.56 Å². The van der Waals surface area contributed by atoms with Crippen LogP contribution in [0.15, 0.2) is 10.9 Å². The minimum absolute atomic E-state index is 0.276. The summed E-state index contributed by atoms with van der Waals surface area (Å²) in [4.78, 5) is 11.5. The zero-order valence-corrected chi connectivity index (χ0v) is 6.27. The van der Waals surface area contributed by atoms with Gasteiger partial charge in [-0.3, -0.25) is 4.79 Å². The summed E-state index contributed by atoms with van der Waals surface area (Å²) >= 11 is 0. The molecule has 0 unspecified atom stereocenters. The molecule has 62 valence electrons. The van der Waals surface area contributed by atoms with Gasteiger partial charge in [0.1, 0.15) is 0 Å². The second-order valence-electron chi connectivity index (χ2n) is 2.59. The van der Waals surface area contributed by atoms with E-state index in [0.717, 1.165) is 6.42 Å². The first-order valence-electron chi connectivity index (χ1n) is 3.64. The van der Waals surface area contributed by atoms with Gasteiger partial charge in [0.2, 0.25) is 0 Å². The molecule has 0 aliphatic heterocycles. The molecular weight excluding hydrogens is 158 g/mol. The number of hydrogen-bond donors (Lipinski definition) is 1. The maximum absolute atomic E-state index is 11.2. The molecule has 1 N–H and O–H groups in total. The van der Waals surface area contributed by atoms with Crippen molar-refractivity contribution in [2.75, 3.05) is 0 Å². The van der Waals surface area contributed by atoms with Crippen LogP contribution in [0.1, 0.15) is 17.7 Å². The predicted molar refractivity (Wildman–Crippen MR) is 40.8 cm³/mol. The Bertz CT molecular complexity index is 394. The van der Waals surface area contributed by atoms with Gasteiger partial charge >= 0.3 is 5.56 Å². The lowest BCUT2D eigenvalue weighted by Gasteiger charge is -2.06. The van der Waals surface area contributed by atoms with Gasteiger partial charge in [0.15, 0.2) is 0 Å².